The average molecular weight is 131 g/mol. The highest BCUT2D eigenvalue weighted by Crippen LogP contribution is 2.00. The lowest BCUT2D eigenvalue weighted by Gasteiger charge is -2.13. The first-order valence-electron chi connectivity index (χ1n) is 3.49. The van der Waals surface area contributed by atoms with Crippen molar-refractivity contribution in [2.45, 2.75) is 38.8 Å². The van der Waals surface area contributed by atoms with Crippen LogP contribution >= 0.6 is 0 Å². The first-order chi connectivity index (χ1) is 4.20. The van der Waals surface area contributed by atoms with Crippen LogP contribution in [-0.2, 0) is 4.74 Å². The monoisotopic (exact) mass is 131 g/mol. The fourth-order valence-electron chi connectivity index (χ4n) is 0.689. The first kappa shape index (κ1) is 8.92. The molecule has 0 fully saturated rings. The highest BCUT2D eigenvalue weighted by molar-refractivity contribution is 4.62. The molecule has 2 atom stereocenters. The molecule has 0 aromatic heterocycles. The van der Waals surface area contributed by atoms with Crippen LogP contribution in [0.15, 0.2) is 0 Å². The number of hydrogen-bond acceptors (Lipinski definition) is 2. The molecule has 0 aliphatic rings. The molecule has 1 unspecified atom stereocenters. The summed E-state index contributed by atoms with van der Waals surface area (Å²) in [7, 11) is 1.72. The van der Waals surface area contributed by atoms with Gasteiger partial charge in [-0.15, -0.1) is 0 Å². The molecule has 2 heteroatoms. The Labute approximate surface area is 57.4 Å². The van der Waals surface area contributed by atoms with Crippen molar-refractivity contribution >= 4 is 0 Å². The molecule has 0 aromatic rings. The Morgan fingerprint density at radius 3 is 2.44 bits per heavy atom. The number of ether oxygens (including phenoxy) is 1. The largest absolute Gasteiger partial charge is 0.382 e. The summed E-state index contributed by atoms with van der Waals surface area (Å²) in [5, 5.41) is 0. The zero-order valence-corrected chi connectivity index (χ0v) is 6.55. The zero-order valence-electron chi connectivity index (χ0n) is 6.55. The van der Waals surface area contributed by atoms with Crippen LogP contribution in [0.5, 0.6) is 0 Å². The normalized spacial score (nSPS) is 17.3. The van der Waals surface area contributed by atoms with E-state index in [4.69, 9.17) is 10.5 Å². The number of rotatable bonds is 4. The maximum Gasteiger partial charge on any atom is 0.0558 e. The van der Waals surface area contributed by atoms with Gasteiger partial charge in [0.15, 0.2) is 0 Å². The third-order valence-corrected chi connectivity index (χ3v) is 1.56. The summed E-state index contributed by atoms with van der Waals surface area (Å²) in [6.07, 6.45) is 2.31. The lowest BCUT2D eigenvalue weighted by Crippen LogP contribution is -2.24. The van der Waals surface area contributed by atoms with Crippen LogP contribution in [-0.4, -0.2) is 19.3 Å². The summed E-state index contributed by atoms with van der Waals surface area (Å²) in [5.41, 5.74) is 5.67. The van der Waals surface area contributed by atoms with Crippen molar-refractivity contribution in [3.05, 3.63) is 0 Å². The van der Waals surface area contributed by atoms with Crippen molar-refractivity contribution in [1.82, 2.24) is 0 Å². The maximum absolute atomic E-state index is 5.67. The molecule has 0 saturated heterocycles. The Morgan fingerprint density at radius 2 is 2.11 bits per heavy atom. The first-order valence-corrected chi connectivity index (χ1v) is 3.49. The molecule has 0 rings (SSSR count). The Hall–Kier alpha value is -0.0800. The summed E-state index contributed by atoms with van der Waals surface area (Å²) in [6, 6.07) is 0.306. The Balaban J connectivity index is 3.22. The second kappa shape index (κ2) is 4.77. The van der Waals surface area contributed by atoms with Gasteiger partial charge in [0, 0.05) is 13.2 Å². The molecular weight excluding hydrogens is 114 g/mol. The number of methoxy groups -OCH3 is 1. The van der Waals surface area contributed by atoms with E-state index in [0.29, 0.717) is 12.1 Å². The van der Waals surface area contributed by atoms with E-state index in [9.17, 15) is 0 Å². The molecule has 0 aliphatic carbocycles. The predicted octanol–water partition coefficient (Wildman–Crippen LogP) is 1.15. The minimum Gasteiger partial charge on any atom is -0.382 e. The standard InChI is InChI=1S/C7H17NO/c1-4-7(8)5-6(2)9-3/h6-7H,4-5,8H2,1-3H3/t6?,7-/m0/s1. The fraction of sp³-hybridized carbons (Fsp3) is 1.00. The fourth-order valence-corrected chi connectivity index (χ4v) is 0.689. The van der Waals surface area contributed by atoms with Crippen molar-refractivity contribution in [2.24, 2.45) is 5.73 Å². The predicted molar refractivity (Wildman–Crippen MR) is 39.4 cm³/mol. The summed E-state index contributed by atoms with van der Waals surface area (Å²) in [4.78, 5) is 0. The van der Waals surface area contributed by atoms with Crippen molar-refractivity contribution in [3.8, 4) is 0 Å². The van der Waals surface area contributed by atoms with Gasteiger partial charge in [-0.2, -0.15) is 0 Å². The molecule has 0 heterocycles. The van der Waals surface area contributed by atoms with E-state index in [1.165, 1.54) is 0 Å². The molecule has 0 aliphatic heterocycles. The second-order valence-corrected chi connectivity index (χ2v) is 2.45. The van der Waals surface area contributed by atoms with Crippen molar-refractivity contribution < 1.29 is 4.74 Å². The van der Waals surface area contributed by atoms with Crippen LogP contribution in [0.4, 0.5) is 0 Å². The van der Waals surface area contributed by atoms with E-state index in [-0.39, 0.29) is 0 Å². The topological polar surface area (TPSA) is 35.2 Å². The van der Waals surface area contributed by atoms with Gasteiger partial charge in [0.1, 0.15) is 0 Å². The molecular formula is C7H17NO. The van der Waals surface area contributed by atoms with Crippen LogP contribution < -0.4 is 5.73 Å². The summed E-state index contributed by atoms with van der Waals surface area (Å²) < 4.78 is 5.04. The van der Waals surface area contributed by atoms with Gasteiger partial charge in [0.05, 0.1) is 6.10 Å². The lowest BCUT2D eigenvalue weighted by molar-refractivity contribution is 0.104. The second-order valence-electron chi connectivity index (χ2n) is 2.45. The van der Waals surface area contributed by atoms with E-state index in [1.54, 1.807) is 7.11 Å². The summed E-state index contributed by atoms with van der Waals surface area (Å²) in [6.45, 7) is 4.13. The lowest BCUT2D eigenvalue weighted by atomic mass is 10.1. The summed E-state index contributed by atoms with van der Waals surface area (Å²) in [5.74, 6) is 0. The van der Waals surface area contributed by atoms with Gasteiger partial charge in [-0.05, 0) is 19.8 Å². The zero-order chi connectivity index (χ0) is 7.28. The molecule has 9 heavy (non-hydrogen) atoms. The SMILES string of the molecule is CC[C@H](N)CC(C)OC. The molecule has 0 bridgehead atoms. The highest BCUT2D eigenvalue weighted by atomic mass is 16.5. The maximum atomic E-state index is 5.67. The highest BCUT2D eigenvalue weighted by Gasteiger charge is 2.04. The molecule has 0 amide bonds. The van der Waals surface area contributed by atoms with E-state index in [0.717, 1.165) is 12.8 Å². The molecule has 0 aromatic carbocycles. The van der Waals surface area contributed by atoms with Crippen molar-refractivity contribution in [2.75, 3.05) is 7.11 Å². The molecule has 2 N–H and O–H groups in total. The summed E-state index contributed by atoms with van der Waals surface area (Å²) >= 11 is 0. The van der Waals surface area contributed by atoms with Crippen LogP contribution in [0.3, 0.4) is 0 Å². The van der Waals surface area contributed by atoms with Gasteiger partial charge >= 0.3 is 0 Å². The smallest absolute Gasteiger partial charge is 0.0558 e. The molecule has 0 saturated carbocycles. The Kier molecular flexibility index (Phi) is 4.72. The minimum atomic E-state index is 0.306. The van der Waals surface area contributed by atoms with Crippen LogP contribution in [0, 0.1) is 0 Å². The molecule has 0 radical (unpaired) electrons. The van der Waals surface area contributed by atoms with Crippen molar-refractivity contribution in [3.63, 3.8) is 0 Å². The molecule has 0 spiro atoms. The molecule has 2 nitrogen and oxygen atoms in total. The Morgan fingerprint density at radius 1 is 1.56 bits per heavy atom. The van der Waals surface area contributed by atoms with E-state index < -0.39 is 0 Å². The van der Waals surface area contributed by atoms with Crippen LogP contribution in [0.2, 0.25) is 0 Å². The third-order valence-electron chi connectivity index (χ3n) is 1.56. The minimum absolute atomic E-state index is 0.306. The molecule has 56 valence electrons. The van der Waals surface area contributed by atoms with E-state index in [2.05, 4.69) is 6.92 Å². The van der Waals surface area contributed by atoms with Gasteiger partial charge in [0.2, 0.25) is 0 Å². The van der Waals surface area contributed by atoms with Gasteiger partial charge in [0.25, 0.3) is 0 Å². The average Bonchev–Trinajstić information content (AvgIpc) is 1.87. The van der Waals surface area contributed by atoms with Crippen molar-refractivity contribution in [1.29, 1.82) is 0 Å². The van der Waals surface area contributed by atoms with Crippen LogP contribution in [0.25, 0.3) is 0 Å². The van der Waals surface area contributed by atoms with Gasteiger partial charge in [-0.25, -0.2) is 0 Å². The Bertz CT molecular complexity index is 57.9. The van der Waals surface area contributed by atoms with Crippen LogP contribution in [0.1, 0.15) is 26.7 Å². The van der Waals surface area contributed by atoms with Gasteiger partial charge in [-0.1, -0.05) is 6.92 Å². The van der Waals surface area contributed by atoms with E-state index >= 15 is 0 Å². The third kappa shape index (κ3) is 4.43. The van der Waals surface area contributed by atoms with Gasteiger partial charge < -0.3 is 10.5 Å². The van der Waals surface area contributed by atoms with E-state index in [1.807, 2.05) is 6.92 Å². The quantitative estimate of drug-likeness (QED) is 0.621. The number of nitrogens with two attached hydrogens (primary N) is 1. The van der Waals surface area contributed by atoms with Gasteiger partial charge in [-0.3, -0.25) is 0 Å². The number of hydrogen-bond donors (Lipinski definition) is 1.